The number of amides is 2. The van der Waals surface area contributed by atoms with Gasteiger partial charge in [0, 0.05) is 25.6 Å². The first-order chi connectivity index (χ1) is 9.54. The van der Waals surface area contributed by atoms with Crippen molar-refractivity contribution in [2.24, 2.45) is 11.8 Å². The summed E-state index contributed by atoms with van der Waals surface area (Å²) in [5.74, 6) is -0.984. The Bertz CT molecular complexity index is 442. The second kappa shape index (κ2) is 5.07. The molecular formula is C14H20N2O4. The Hall–Kier alpha value is -1.59. The Morgan fingerprint density at radius 3 is 2.50 bits per heavy atom. The minimum absolute atomic E-state index is 0.0487. The third kappa shape index (κ3) is 2.94. The van der Waals surface area contributed by atoms with Crippen LogP contribution in [0, 0.1) is 11.8 Å². The highest BCUT2D eigenvalue weighted by Crippen LogP contribution is 2.34. The van der Waals surface area contributed by atoms with Crippen molar-refractivity contribution < 1.29 is 19.5 Å². The van der Waals surface area contributed by atoms with Gasteiger partial charge in [0.1, 0.15) is 6.54 Å². The van der Waals surface area contributed by atoms with E-state index in [1.54, 1.807) is 4.90 Å². The van der Waals surface area contributed by atoms with Crippen molar-refractivity contribution in [1.29, 1.82) is 0 Å². The number of likely N-dealkylation sites (tertiary alicyclic amines) is 1. The first-order valence-electron chi connectivity index (χ1n) is 7.34. The SMILES string of the molecule is O=C(O)CN(CC1CC1)C(=O)C1CC(=O)N(C2CC2)C1. The molecule has 2 aliphatic carbocycles. The quantitative estimate of drug-likeness (QED) is 0.760. The van der Waals surface area contributed by atoms with E-state index < -0.39 is 5.97 Å². The summed E-state index contributed by atoms with van der Waals surface area (Å²) in [7, 11) is 0. The highest BCUT2D eigenvalue weighted by atomic mass is 16.4. The molecule has 0 spiro atoms. The van der Waals surface area contributed by atoms with E-state index in [9.17, 15) is 14.4 Å². The number of carbonyl (C=O) groups is 3. The Balaban J connectivity index is 1.62. The average molecular weight is 280 g/mol. The van der Waals surface area contributed by atoms with E-state index in [1.165, 1.54) is 4.90 Å². The van der Waals surface area contributed by atoms with Gasteiger partial charge in [0.25, 0.3) is 0 Å². The fourth-order valence-corrected chi connectivity index (χ4v) is 2.90. The third-order valence-electron chi connectivity index (χ3n) is 4.31. The van der Waals surface area contributed by atoms with E-state index in [2.05, 4.69) is 0 Å². The number of carboxylic acid groups (broad SMARTS) is 1. The zero-order valence-corrected chi connectivity index (χ0v) is 11.5. The number of carboxylic acids is 1. The zero-order valence-electron chi connectivity index (χ0n) is 11.5. The maximum Gasteiger partial charge on any atom is 0.323 e. The molecule has 3 aliphatic rings. The lowest BCUT2D eigenvalue weighted by molar-refractivity contribution is -0.146. The second-order valence-electron chi connectivity index (χ2n) is 6.23. The number of nitrogens with zero attached hydrogens (tertiary/aromatic N) is 2. The average Bonchev–Trinajstić information content (AvgIpc) is 3.28. The number of aliphatic carboxylic acids is 1. The fourth-order valence-electron chi connectivity index (χ4n) is 2.90. The van der Waals surface area contributed by atoms with E-state index in [-0.39, 0.29) is 30.7 Å². The summed E-state index contributed by atoms with van der Waals surface area (Å²) in [5, 5.41) is 8.94. The van der Waals surface area contributed by atoms with Crippen LogP contribution in [0.4, 0.5) is 0 Å². The molecule has 0 aromatic carbocycles. The molecule has 1 aliphatic heterocycles. The van der Waals surface area contributed by atoms with Crippen LogP contribution in [0.1, 0.15) is 32.1 Å². The minimum atomic E-state index is -0.984. The van der Waals surface area contributed by atoms with Gasteiger partial charge < -0.3 is 14.9 Å². The Morgan fingerprint density at radius 2 is 1.95 bits per heavy atom. The van der Waals surface area contributed by atoms with E-state index in [1.807, 2.05) is 0 Å². The fraction of sp³-hybridized carbons (Fsp3) is 0.786. The third-order valence-corrected chi connectivity index (χ3v) is 4.31. The summed E-state index contributed by atoms with van der Waals surface area (Å²) < 4.78 is 0. The zero-order chi connectivity index (χ0) is 14.3. The molecule has 6 heteroatoms. The van der Waals surface area contributed by atoms with Gasteiger partial charge in [-0.2, -0.15) is 0 Å². The van der Waals surface area contributed by atoms with E-state index >= 15 is 0 Å². The molecule has 2 saturated carbocycles. The van der Waals surface area contributed by atoms with Gasteiger partial charge in [-0.05, 0) is 31.6 Å². The summed E-state index contributed by atoms with van der Waals surface area (Å²) in [6, 6.07) is 0.330. The van der Waals surface area contributed by atoms with Crippen molar-refractivity contribution in [2.75, 3.05) is 19.6 Å². The number of rotatable bonds is 6. The van der Waals surface area contributed by atoms with Gasteiger partial charge in [-0.3, -0.25) is 14.4 Å². The van der Waals surface area contributed by atoms with Gasteiger partial charge in [0.15, 0.2) is 0 Å². The molecular weight excluding hydrogens is 260 g/mol. The molecule has 0 aromatic heterocycles. The molecule has 1 N–H and O–H groups in total. The minimum Gasteiger partial charge on any atom is -0.480 e. The molecule has 3 fully saturated rings. The smallest absolute Gasteiger partial charge is 0.323 e. The highest BCUT2D eigenvalue weighted by Gasteiger charge is 2.43. The van der Waals surface area contributed by atoms with Crippen molar-refractivity contribution in [1.82, 2.24) is 9.80 Å². The second-order valence-corrected chi connectivity index (χ2v) is 6.23. The summed E-state index contributed by atoms with van der Waals surface area (Å²) in [5.41, 5.74) is 0. The normalized spacial score (nSPS) is 25.9. The highest BCUT2D eigenvalue weighted by molar-refractivity contribution is 5.91. The Morgan fingerprint density at radius 1 is 1.25 bits per heavy atom. The van der Waals surface area contributed by atoms with E-state index in [4.69, 9.17) is 5.11 Å². The molecule has 6 nitrogen and oxygen atoms in total. The van der Waals surface area contributed by atoms with E-state index in [0.717, 1.165) is 25.7 Å². The molecule has 0 aromatic rings. The Labute approximate surface area is 117 Å². The summed E-state index contributed by atoms with van der Waals surface area (Å²) >= 11 is 0. The van der Waals surface area contributed by atoms with Crippen LogP contribution in [0.2, 0.25) is 0 Å². The van der Waals surface area contributed by atoms with Crippen LogP contribution in [-0.2, 0) is 14.4 Å². The lowest BCUT2D eigenvalue weighted by atomic mass is 10.1. The van der Waals surface area contributed by atoms with Crippen LogP contribution < -0.4 is 0 Å². The molecule has 1 unspecified atom stereocenters. The van der Waals surface area contributed by atoms with Crippen LogP contribution in [0.15, 0.2) is 0 Å². The first-order valence-corrected chi connectivity index (χ1v) is 7.34. The monoisotopic (exact) mass is 280 g/mol. The van der Waals surface area contributed by atoms with Crippen LogP contribution in [0.5, 0.6) is 0 Å². The predicted molar refractivity (Wildman–Crippen MR) is 69.8 cm³/mol. The number of carbonyl (C=O) groups excluding carboxylic acids is 2. The lowest BCUT2D eigenvalue weighted by Gasteiger charge is -2.24. The van der Waals surface area contributed by atoms with Gasteiger partial charge in [-0.1, -0.05) is 0 Å². The molecule has 1 saturated heterocycles. The van der Waals surface area contributed by atoms with Gasteiger partial charge in [0.2, 0.25) is 11.8 Å². The number of hydrogen-bond acceptors (Lipinski definition) is 3. The molecule has 3 rings (SSSR count). The topological polar surface area (TPSA) is 77.9 Å². The predicted octanol–water partition coefficient (Wildman–Crippen LogP) is 0.320. The van der Waals surface area contributed by atoms with Crippen molar-refractivity contribution >= 4 is 17.8 Å². The van der Waals surface area contributed by atoms with Crippen LogP contribution in [-0.4, -0.2) is 58.4 Å². The van der Waals surface area contributed by atoms with Gasteiger partial charge in [-0.25, -0.2) is 0 Å². The molecule has 0 radical (unpaired) electrons. The molecule has 1 heterocycles. The van der Waals surface area contributed by atoms with Gasteiger partial charge >= 0.3 is 5.97 Å². The van der Waals surface area contributed by atoms with Crippen LogP contribution in [0.3, 0.4) is 0 Å². The lowest BCUT2D eigenvalue weighted by Crippen LogP contribution is -2.41. The van der Waals surface area contributed by atoms with Crippen LogP contribution in [0.25, 0.3) is 0 Å². The first kappa shape index (κ1) is 13.4. The molecule has 110 valence electrons. The van der Waals surface area contributed by atoms with Gasteiger partial charge in [-0.15, -0.1) is 0 Å². The van der Waals surface area contributed by atoms with Crippen molar-refractivity contribution in [3.8, 4) is 0 Å². The van der Waals surface area contributed by atoms with Crippen LogP contribution >= 0.6 is 0 Å². The summed E-state index contributed by atoms with van der Waals surface area (Å²) in [6.45, 7) is 0.756. The molecule has 1 atom stereocenters. The van der Waals surface area contributed by atoms with E-state index in [0.29, 0.717) is 25.0 Å². The largest absolute Gasteiger partial charge is 0.480 e. The van der Waals surface area contributed by atoms with Crippen molar-refractivity contribution in [3.05, 3.63) is 0 Å². The van der Waals surface area contributed by atoms with Crippen molar-refractivity contribution in [2.45, 2.75) is 38.1 Å². The van der Waals surface area contributed by atoms with Gasteiger partial charge in [0.05, 0.1) is 5.92 Å². The molecule has 0 bridgehead atoms. The molecule has 20 heavy (non-hydrogen) atoms. The standard InChI is InChI=1S/C14H20N2O4/c17-12-5-10(7-16(12)11-3-4-11)14(20)15(8-13(18)19)6-9-1-2-9/h9-11H,1-8H2,(H,18,19). The summed E-state index contributed by atoms with van der Waals surface area (Å²) in [6.07, 6.45) is 4.46. The number of hydrogen-bond donors (Lipinski definition) is 1. The maximum absolute atomic E-state index is 12.5. The maximum atomic E-state index is 12.5. The summed E-state index contributed by atoms with van der Waals surface area (Å²) in [4.78, 5) is 38.5. The molecule has 2 amide bonds. The van der Waals surface area contributed by atoms with Crippen molar-refractivity contribution in [3.63, 3.8) is 0 Å². The Kier molecular flexibility index (Phi) is 3.40.